The number of fused-ring (bicyclic) bond motifs is 1. The molecule has 1 aromatic carbocycles. The lowest BCUT2D eigenvalue weighted by Gasteiger charge is -2.35. The monoisotopic (exact) mass is 336 g/mol. The Hall–Kier alpha value is -0.980. The number of para-hydroxylation sites is 1. The van der Waals surface area contributed by atoms with E-state index in [1.54, 1.807) is 18.2 Å². The van der Waals surface area contributed by atoms with E-state index < -0.39 is 6.36 Å². The van der Waals surface area contributed by atoms with Crippen LogP contribution in [0.5, 0.6) is 5.75 Å². The summed E-state index contributed by atoms with van der Waals surface area (Å²) in [7, 11) is 0. The predicted octanol–water partition coefficient (Wildman–Crippen LogP) is 3.19. The molecule has 1 aromatic rings. The van der Waals surface area contributed by atoms with Gasteiger partial charge in [0.15, 0.2) is 0 Å². The molecule has 124 valence electrons. The quantitative estimate of drug-likeness (QED) is 0.917. The molecule has 0 bridgehead atoms. The molecule has 3 nitrogen and oxygen atoms in total. The van der Waals surface area contributed by atoms with Crippen LogP contribution in [0.15, 0.2) is 24.3 Å². The predicted molar refractivity (Wildman–Crippen MR) is 80.2 cm³/mol. The molecule has 3 rings (SSSR count). The number of likely N-dealkylation sites (tertiary alicyclic amines) is 1. The Morgan fingerprint density at radius 2 is 2.00 bits per heavy atom. The molecule has 0 amide bonds. The van der Waals surface area contributed by atoms with E-state index in [-0.39, 0.29) is 18.2 Å². The van der Waals surface area contributed by atoms with Gasteiger partial charge >= 0.3 is 6.36 Å². The molecule has 2 unspecified atom stereocenters. The Bertz CT molecular complexity index is 498. The third kappa shape index (κ3) is 4.27. The normalized spacial score (nSPS) is 25.4. The number of nitrogens with one attached hydrogen (secondary N) is 1. The Kier molecular flexibility index (Phi) is 5.58. The minimum absolute atomic E-state index is 0. The lowest BCUT2D eigenvalue weighted by Crippen LogP contribution is -2.44. The molecule has 0 spiro atoms. The van der Waals surface area contributed by atoms with E-state index in [9.17, 15) is 13.2 Å². The number of alkyl halides is 3. The number of nitrogens with zero attached hydrogens (tertiary/aromatic N) is 1. The minimum Gasteiger partial charge on any atom is -0.405 e. The molecule has 2 heterocycles. The first-order chi connectivity index (χ1) is 10.0. The van der Waals surface area contributed by atoms with Crippen LogP contribution in [0.1, 0.15) is 18.4 Å². The Morgan fingerprint density at radius 3 is 2.77 bits per heavy atom. The van der Waals surface area contributed by atoms with Crippen molar-refractivity contribution < 1.29 is 17.9 Å². The van der Waals surface area contributed by atoms with Crippen LogP contribution in [0.4, 0.5) is 13.2 Å². The van der Waals surface area contributed by atoms with Crippen molar-refractivity contribution in [2.24, 2.45) is 5.92 Å². The summed E-state index contributed by atoms with van der Waals surface area (Å²) < 4.78 is 41.4. The van der Waals surface area contributed by atoms with Crippen molar-refractivity contribution in [3.8, 4) is 5.75 Å². The van der Waals surface area contributed by atoms with Crippen LogP contribution in [0.3, 0.4) is 0 Å². The number of piperidine rings is 1. The molecule has 2 atom stereocenters. The number of hydrogen-bond acceptors (Lipinski definition) is 3. The standard InChI is InChI=1S/C15H19F3N2O.ClH/c16-15(17,18)21-14-4-2-1-3-12(14)10-20-8-6-13-11(9-20)5-7-19-13;/h1-4,11,13,19H,5-10H2;1H. The maximum atomic E-state index is 12.4. The Morgan fingerprint density at radius 1 is 1.23 bits per heavy atom. The smallest absolute Gasteiger partial charge is 0.405 e. The minimum atomic E-state index is -4.64. The summed E-state index contributed by atoms with van der Waals surface area (Å²) in [6.07, 6.45) is -2.42. The summed E-state index contributed by atoms with van der Waals surface area (Å²) in [4.78, 5) is 2.23. The fourth-order valence-corrected chi connectivity index (χ4v) is 3.37. The molecule has 0 aliphatic carbocycles. The third-order valence-corrected chi connectivity index (χ3v) is 4.33. The molecule has 0 radical (unpaired) electrons. The van der Waals surface area contributed by atoms with E-state index >= 15 is 0 Å². The molecule has 2 fully saturated rings. The number of halogens is 4. The van der Waals surface area contributed by atoms with Crippen molar-refractivity contribution >= 4 is 12.4 Å². The topological polar surface area (TPSA) is 24.5 Å². The second-order valence-electron chi connectivity index (χ2n) is 5.79. The van der Waals surface area contributed by atoms with Crippen molar-refractivity contribution in [2.45, 2.75) is 31.8 Å². The van der Waals surface area contributed by atoms with E-state index in [0.717, 1.165) is 32.5 Å². The van der Waals surface area contributed by atoms with Crippen LogP contribution >= 0.6 is 12.4 Å². The molecule has 2 saturated heterocycles. The lowest BCUT2D eigenvalue weighted by molar-refractivity contribution is -0.275. The SMILES string of the molecule is Cl.FC(F)(F)Oc1ccccc1CN1CCC2NCCC2C1. The summed E-state index contributed by atoms with van der Waals surface area (Å²) in [6, 6.07) is 7.00. The third-order valence-electron chi connectivity index (χ3n) is 4.33. The van der Waals surface area contributed by atoms with Crippen LogP contribution in [0, 0.1) is 5.92 Å². The van der Waals surface area contributed by atoms with Gasteiger partial charge in [-0.05, 0) is 37.9 Å². The zero-order valence-corrected chi connectivity index (χ0v) is 12.9. The molecule has 22 heavy (non-hydrogen) atoms. The molecule has 2 aliphatic rings. The molecule has 0 aromatic heterocycles. The zero-order chi connectivity index (χ0) is 14.9. The zero-order valence-electron chi connectivity index (χ0n) is 12.1. The first-order valence-corrected chi connectivity index (χ1v) is 7.31. The average Bonchev–Trinajstić information content (AvgIpc) is 2.87. The van der Waals surface area contributed by atoms with Crippen molar-refractivity contribution in [1.82, 2.24) is 10.2 Å². The second-order valence-corrected chi connectivity index (χ2v) is 5.79. The van der Waals surface area contributed by atoms with E-state index in [1.165, 1.54) is 6.07 Å². The highest BCUT2D eigenvalue weighted by Gasteiger charge is 2.34. The van der Waals surface area contributed by atoms with Crippen molar-refractivity contribution in [3.05, 3.63) is 29.8 Å². The highest BCUT2D eigenvalue weighted by Crippen LogP contribution is 2.30. The summed E-state index contributed by atoms with van der Waals surface area (Å²) >= 11 is 0. The highest BCUT2D eigenvalue weighted by molar-refractivity contribution is 5.85. The first kappa shape index (κ1) is 17.4. The van der Waals surface area contributed by atoms with Gasteiger partial charge in [-0.15, -0.1) is 25.6 Å². The van der Waals surface area contributed by atoms with Gasteiger partial charge in [-0.1, -0.05) is 18.2 Å². The van der Waals surface area contributed by atoms with E-state index in [4.69, 9.17) is 0 Å². The number of ether oxygens (including phenoxy) is 1. The molecule has 2 aliphatic heterocycles. The molecule has 0 saturated carbocycles. The van der Waals surface area contributed by atoms with E-state index in [1.807, 2.05) is 0 Å². The van der Waals surface area contributed by atoms with Crippen LogP contribution in [-0.4, -0.2) is 36.9 Å². The van der Waals surface area contributed by atoms with Gasteiger partial charge in [-0.3, -0.25) is 4.90 Å². The summed E-state index contributed by atoms with van der Waals surface area (Å²) in [6.45, 7) is 3.42. The number of hydrogen-bond donors (Lipinski definition) is 1. The second kappa shape index (κ2) is 7.06. The highest BCUT2D eigenvalue weighted by atomic mass is 35.5. The number of benzene rings is 1. The maximum absolute atomic E-state index is 12.4. The Balaban J connectivity index is 0.00000176. The molecule has 1 N–H and O–H groups in total. The first-order valence-electron chi connectivity index (χ1n) is 7.31. The van der Waals surface area contributed by atoms with Gasteiger partial charge in [0.1, 0.15) is 5.75 Å². The Labute approximate surface area is 134 Å². The van der Waals surface area contributed by atoms with Gasteiger partial charge in [-0.25, -0.2) is 0 Å². The van der Waals surface area contributed by atoms with Crippen LogP contribution in [0.2, 0.25) is 0 Å². The van der Waals surface area contributed by atoms with Gasteiger partial charge in [0.2, 0.25) is 0 Å². The summed E-state index contributed by atoms with van der Waals surface area (Å²) in [5, 5.41) is 3.49. The molecule has 7 heteroatoms. The van der Waals surface area contributed by atoms with Crippen LogP contribution < -0.4 is 10.1 Å². The van der Waals surface area contributed by atoms with Crippen molar-refractivity contribution in [1.29, 1.82) is 0 Å². The van der Waals surface area contributed by atoms with Crippen LogP contribution in [-0.2, 0) is 6.54 Å². The average molecular weight is 337 g/mol. The molecular weight excluding hydrogens is 317 g/mol. The number of rotatable bonds is 3. The van der Waals surface area contributed by atoms with E-state index in [2.05, 4.69) is 15.0 Å². The van der Waals surface area contributed by atoms with Gasteiger partial charge in [0.25, 0.3) is 0 Å². The largest absolute Gasteiger partial charge is 0.573 e. The van der Waals surface area contributed by atoms with Crippen molar-refractivity contribution in [2.75, 3.05) is 19.6 Å². The van der Waals surface area contributed by atoms with Gasteiger partial charge < -0.3 is 10.1 Å². The molecular formula is C15H20ClF3N2O. The summed E-state index contributed by atoms with van der Waals surface area (Å²) in [5.41, 5.74) is 0.597. The summed E-state index contributed by atoms with van der Waals surface area (Å²) in [5.74, 6) is 0.533. The fraction of sp³-hybridized carbons (Fsp3) is 0.600. The van der Waals surface area contributed by atoms with Crippen molar-refractivity contribution in [3.63, 3.8) is 0 Å². The van der Waals surface area contributed by atoms with Gasteiger partial charge in [0, 0.05) is 24.7 Å². The van der Waals surface area contributed by atoms with Crippen LogP contribution in [0.25, 0.3) is 0 Å². The van der Waals surface area contributed by atoms with E-state index in [0.29, 0.717) is 24.1 Å². The maximum Gasteiger partial charge on any atom is 0.573 e. The lowest BCUT2D eigenvalue weighted by atomic mass is 9.93. The fourth-order valence-electron chi connectivity index (χ4n) is 3.37. The van der Waals surface area contributed by atoms with Gasteiger partial charge in [-0.2, -0.15) is 0 Å². The van der Waals surface area contributed by atoms with Gasteiger partial charge in [0.05, 0.1) is 0 Å².